The van der Waals surface area contributed by atoms with Crippen molar-refractivity contribution in [2.45, 2.75) is 220 Å². The van der Waals surface area contributed by atoms with Gasteiger partial charge in [-0.3, -0.25) is 19.2 Å². The molecule has 0 aliphatic rings. The number of rotatable bonds is 43. The van der Waals surface area contributed by atoms with Crippen molar-refractivity contribution < 1.29 is 38.1 Å². The van der Waals surface area contributed by atoms with Gasteiger partial charge in [0, 0.05) is 0 Å². The average Bonchev–Trinajstić information content (AvgIpc) is 3.24. The molecule has 0 heterocycles. The van der Waals surface area contributed by atoms with Gasteiger partial charge in [0.15, 0.2) is 0 Å². The molecule has 0 N–H and O–H groups in total. The van der Waals surface area contributed by atoms with Gasteiger partial charge in [-0.1, -0.05) is 192 Å². The molecule has 0 spiro atoms. The minimum atomic E-state index is -0.664. The molecule has 2 atom stereocenters. The Labute approximate surface area is 368 Å². The van der Waals surface area contributed by atoms with E-state index in [1.165, 1.54) is 103 Å². The summed E-state index contributed by atoms with van der Waals surface area (Å²) in [6, 6.07) is 0. The average molecular weight is 843 g/mol. The SMILES string of the molecule is CCCCCCC/C=C/COC(=O)CC(CCCCC(CC(=O)OC/C=C/CCCCCCC)C(=O)OC/C=C/CCCCCCC)C(=O)OC/C=C/CCCCCCC. The normalized spacial score (nSPS) is 12.8. The second-order valence-corrected chi connectivity index (χ2v) is 16.4. The van der Waals surface area contributed by atoms with Gasteiger partial charge in [-0.25, -0.2) is 0 Å². The highest BCUT2D eigenvalue weighted by Crippen LogP contribution is 2.22. The monoisotopic (exact) mass is 843 g/mol. The highest BCUT2D eigenvalue weighted by atomic mass is 16.5. The predicted octanol–water partition coefficient (Wildman–Crippen LogP) is 14.4. The first kappa shape index (κ1) is 56.8. The van der Waals surface area contributed by atoms with Crippen LogP contribution in [0.4, 0.5) is 0 Å². The van der Waals surface area contributed by atoms with Crippen LogP contribution in [0.25, 0.3) is 0 Å². The summed E-state index contributed by atoms with van der Waals surface area (Å²) < 4.78 is 22.1. The smallest absolute Gasteiger partial charge is 0.309 e. The van der Waals surface area contributed by atoms with Crippen LogP contribution >= 0.6 is 0 Å². The molecule has 2 unspecified atom stereocenters. The van der Waals surface area contributed by atoms with E-state index < -0.39 is 35.7 Å². The number of hydrogen-bond acceptors (Lipinski definition) is 8. The molecular formula is C52H90O8. The van der Waals surface area contributed by atoms with E-state index in [0.29, 0.717) is 25.7 Å². The molecule has 0 saturated heterocycles. The summed E-state index contributed by atoms with van der Waals surface area (Å²) in [6.45, 7) is 9.51. The van der Waals surface area contributed by atoms with Gasteiger partial charge in [0.25, 0.3) is 0 Å². The Balaban J connectivity index is 5.30. The van der Waals surface area contributed by atoms with Crippen molar-refractivity contribution in [3.05, 3.63) is 48.6 Å². The molecule has 0 aromatic heterocycles. The Morgan fingerprint density at radius 1 is 0.333 bits per heavy atom. The van der Waals surface area contributed by atoms with Gasteiger partial charge in [0.05, 0.1) is 24.7 Å². The quantitative estimate of drug-likeness (QED) is 0.0259. The minimum Gasteiger partial charge on any atom is -0.461 e. The molecule has 0 saturated carbocycles. The van der Waals surface area contributed by atoms with Crippen LogP contribution in [0.1, 0.15) is 220 Å². The summed E-state index contributed by atoms with van der Waals surface area (Å²) in [5, 5.41) is 0. The van der Waals surface area contributed by atoms with Crippen LogP contribution in [-0.4, -0.2) is 50.3 Å². The lowest BCUT2D eigenvalue weighted by molar-refractivity contribution is -0.154. The lowest BCUT2D eigenvalue weighted by Gasteiger charge is -2.17. The highest BCUT2D eigenvalue weighted by Gasteiger charge is 2.26. The van der Waals surface area contributed by atoms with E-state index in [1.54, 1.807) is 0 Å². The van der Waals surface area contributed by atoms with Crippen molar-refractivity contribution in [3.63, 3.8) is 0 Å². The third-order valence-corrected chi connectivity index (χ3v) is 10.7. The second kappa shape index (κ2) is 45.4. The van der Waals surface area contributed by atoms with Gasteiger partial charge in [-0.05, 0) is 64.2 Å². The minimum absolute atomic E-state index is 0.0696. The molecule has 0 amide bonds. The molecule has 0 bridgehead atoms. The number of carbonyl (C=O) groups is 4. The molecule has 0 rings (SSSR count). The molecule has 0 aromatic carbocycles. The first-order valence-electron chi connectivity index (χ1n) is 24.6. The van der Waals surface area contributed by atoms with Gasteiger partial charge in [-0.2, -0.15) is 0 Å². The summed E-state index contributed by atoms with van der Waals surface area (Å²) in [5.74, 6) is -3.04. The predicted molar refractivity (Wildman–Crippen MR) is 249 cm³/mol. The number of ether oxygens (including phenoxy) is 4. The summed E-state index contributed by atoms with van der Waals surface area (Å²) >= 11 is 0. The Hall–Kier alpha value is -3.16. The molecule has 8 heteroatoms. The van der Waals surface area contributed by atoms with E-state index >= 15 is 0 Å². The summed E-state index contributed by atoms with van der Waals surface area (Å²) in [6.07, 6.45) is 45.5. The fourth-order valence-electron chi connectivity index (χ4n) is 6.89. The van der Waals surface area contributed by atoms with E-state index in [2.05, 4.69) is 52.0 Å². The van der Waals surface area contributed by atoms with E-state index in [9.17, 15) is 19.2 Å². The molecule has 0 aromatic rings. The summed E-state index contributed by atoms with van der Waals surface area (Å²) in [7, 11) is 0. The van der Waals surface area contributed by atoms with Crippen molar-refractivity contribution in [3.8, 4) is 0 Å². The Kier molecular flexibility index (Phi) is 43.0. The van der Waals surface area contributed by atoms with Crippen LogP contribution in [0.15, 0.2) is 48.6 Å². The Morgan fingerprint density at radius 3 is 0.883 bits per heavy atom. The van der Waals surface area contributed by atoms with Gasteiger partial charge in [0.1, 0.15) is 26.4 Å². The fourth-order valence-corrected chi connectivity index (χ4v) is 6.89. The summed E-state index contributed by atoms with van der Waals surface area (Å²) in [4.78, 5) is 52.2. The van der Waals surface area contributed by atoms with E-state index in [0.717, 1.165) is 51.4 Å². The lowest BCUT2D eigenvalue weighted by atomic mass is 9.93. The van der Waals surface area contributed by atoms with E-state index in [1.807, 2.05) is 24.3 Å². The van der Waals surface area contributed by atoms with Gasteiger partial charge in [-0.15, -0.1) is 0 Å². The standard InChI is InChI=1S/C52H90O8/c1-5-9-13-17-21-25-29-35-41-57-49(53)45-47(51(55)59-43-37-31-27-23-19-15-11-7-3)39-33-34-40-48(52(56)60-44-38-32-28-24-20-16-12-8-4)46-50(54)58-42-36-30-26-22-18-14-10-6-2/h29-32,35-38,47-48H,5-28,33-34,39-46H2,1-4H3/b35-29+,36-30+,37-31+,38-32+. The van der Waals surface area contributed by atoms with Crippen molar-refractivity contribution in [1.29, 1.82) is 0 Å². The molecule has 60 heavy (non-hydrogen) atoms. The second-order valence-electron chi connectivity index (χ2n) is 16.4. The third kappa shape index (κ3) is 39.0. The van der Waals surface area contributed by atoms with Crippen LogP contribution in [0.2, 0.25) is 0 Å². The van der Waals surface area contributed by atoms with Gasteiger partial charge < -0.3 is 18.9 Å². The number of hydrogen-bond donors (Lipinski definition) is 0. The first-order chi connectivity index (χ1) is 29.4. The Morgan fingerprint density at radius 2 is 0.600 bits per heavy atom. The molecule has 8 nitrogen and oxygen atoms in total. The number of carbonyl (C=O) groups excluding carboxylic acids is 4. The third-order valence-electron chi connectivity index (χ3n) is 10.7. The van der Waals surface area contributed by atoms with Crippen molar-refractivity contribution in [2.24, 2.45) is 11.8 Å². The fraction of sp³-hybridized carbons (Fsp3) is 0.769. The van der Waals surface area contributed by atoms with Gasteiger partial charge >= 0.3 is 23.9 Å². The summed E-state index contributed by atoms with van der Waals surface area (Å²) in [5.41, 5.74) is 0. The number of esters is 4. The molecule has 0 radical (unpaired) electrons. The molecule has 346 valence electrons. The zero-order valence-corrected chi connectivity index (χ0v) is 39.1. The topological polar surface area (TPSA) is 105 Å². The van der Waals surface area contributed by atoms with Crippen molar-refractivity contribution >= 4 is 23.9 Å². The zero-order valence-electron chi connectivity index (χ0n) is 39.1. The largest absolute Gasteiger partial charge is 0.461 e. The van der Waals surface area contributed by atoms with Crippen LogP contribution in [0.3, 0.4) is 0 Å². The maximum Gasteiger partial charge on any atom is 0.309 e. The van der Waals surface area contributed by atoms with Gasteiger partial charge in [0.2, 0.25) is 0 Å². The van der Waals surface area contributed by atoms with E-state index in [4.69, 9.17) is 18.9 Å². The van der Waals surface area contributed by atoms with E-state index in [-0.39, 0.29) is 39.3 Å². The molecule has 0 fully saturated rings. The highest BCUT2D eigenvalue weighted by molar-refractivity contribution is 5.80. The van der Waals surface area contributed by atoms with Crippen molar-refractivity contribution in [1.82, 2.24) is 0 Å². The first-order valence-corrected chi connectivity index (χ1v) is 24.6. The number of unbranched alkanes of at least 4 members (excludes halogenated alkanes) is 21. The zero-order chi connectivity index (χ0) is 44.0. The Bertz CT molecular complexity index is 1050. The van der Waals surface area contributed by atoms with Crippen molar-refractivity contribution in [2.75, 3.05) is 26.4 Å². The maximum atomic E-state index is 13.2. The maximum absolute atomic E-state index is 13.2. The van der Waals surface area contributed by atoms with Crippen LogP contribution in [0.5, 0.6) is 0 Å². The van der Waals surface area contributed by atoms with Crippen LogP contribution < -0.4 is 0 Å². The molecular weight excluding hydrogens is 753 g/mol. The molecule has 0 aliphatic heterocycles. The lowest BCUT2D eigenvalue weighted by Crippen LogP contribution is -2.24. The van der Waals surface area contributed by atoms with Crippen LogP contribution in [-0.2, 0) is 38.1 Å². The van der Waals surface area contributed by atoms with Crippen LogP contribution in [0, 0.1) is 11.8 Å². The number of allylic oxidation sites excluding steroid dienone is 4. The molecule has 0 aliphatic carbocycles.